The molecule has 3 rings (SSSR count). The van der Waals surface area contributed by atoms with Crippen LogP contribution in [-0.4, -0.2) is 23.5 Å². The van der Waals surface area contributed by atoms with Gasteiger partial charge in [0.15, 0.2) is 11.5 Å². The molecule has 1 aromatic heterocycles. The van der Waals surface area contributed by atoms with Gasteiger partial charge in [-0.15, -0.1) is 0 Å². The molecular formula is C25H28N2O3. The van der Waals surface area contributed by atoms with Crippen molar-refractivity contribution >= 4 is 5.91 Å². The van der Waals surface area contributed by atoms with Crippen molar-refractivity contribution < 1.29 is 14.3 Å². The Kier molecular flexibility index (Phi) is 7.84. The van der Waals surface area contributed by atoms with Crippen LogP contribution in [0.2, 0.25) is 0 Å². The van der Waals surface area contributed by atoms with Crippen molar-refractivity contribution in [2.45, 2.75) is 39.3 Å². The smallest absolute Gasteiger partial charge is 0.251 e. The summed E-state index contributed by atoms with van der Waals surface area (Å²) in [5.74, 6) is 1.05. The first kappa shape index (κ1) is 21.4. The van der Waals surface area contributed by atoms with E-state index in [1.165, 1.54) is 5.56 Å². The van der Waals surface area contributed by atoms with Crippen molar-refractivity contribution in [1.29, 1.82) is 0 Å². The van der Waals surface area contributed by atoms with Gasteiger partial charge < -0.3 is 14.8 Å². The van der Waals surface area contributed by atoms with Gasteiger partial charge in [0.1, 0.15) is 6.61 Å². The predicted octanol–water partition coefficient (Wildman–Crippen LogP) is 4.81. The van der Waals surface area contributed by atoms with E-state index >= 15 is 0 Å². The molecule has 0 saturated heterocycles. The number of aromatic nitrogens is 1. The Morgan fingerprint density at radius 1 is 1.00 bits per heavy atom. The van der Waals surface area contributed by atoms with Crippen LogP contribution >= 0.6 is 0 Å². The molecule has 0 aliphatic rings. The number of nitrogens with one attached hydrogen (secondary N) is 1. The first-order valence-corrected chi connectivity index (χ1v) is 10.3. The second-order valence-electron chi connectivity index (χ2n) is 7.14. The van der Waals surface area contributed by atoms with E-state index in [1.807, 2.05) is 44.2 Å². The van der Waals surface area contributed by atoms with Crippen LogP contribution in [-0.2, 0) is 13.0 Å². The summed E-state index contributed by atoms with van der Waals surface area (Å²) in [6, 6.07) is 19.5. The molecule has 0 aliphatic heterocycles. The number of ether oxygens (including phenoxy) is 2. The molecule has 0 bridgehead atoms. The van der Waals surface area contributed by atoms with Gasteiger partial charge in [0.2, 0.25) is 0 Å². The van der Waals surface area contributed by atoms with E-state index in [-0.39, 0.29) is 11.9 Å². The molecule has 156 valence electrons. The van der Waals surface area contributed by atoms with Crippen LogP contribution in [0.1, 0.15) is 41.8 Å². The van der Waals surface area contributed by atoms with Gasteiger partial charge in [0.25, 0.3) is 5.91 Å². The van der Waals surface area contributed by atoms with Crippen molar-refractivity contribution in [3.05, 3.63) is 89.7 Å². The summed E-state index contributed by atoms with van der Waals surface area (Å²) >= 11 is 0. The first-order valence-electron chi connectivity index (χ1n) is 10.3. The highest BCUT2D eigenvalue weighted by atomic mass is 16.5. The molecule has 5 nitrogen and oxygen atoms in total. The highest BCUT2D eigenvalue weighted by Gasteiger charge is 2.14. The Morgan fingerprint density at radius 3 is 2.53 bits per heavy atom. The van der Waals surface area contributed by atoms with Gasteiger partial charge >= 0.3 is 0 Å². The monoisotopic (exact) mass is 404 g/mol. The number of aryl methyl sites for hydroxylation is 1. The highest BCUT2D eigenvalue weighted by Crippen LogP contribution is 2.29. The SMILES string of the molecule is CCOc1cc(C(=O)NC(C)CCc2ccccc2)ccc1OCc1cccnc1. The molecule has 1 amide bonds. The molecule has 0 radical (unpaired) electrons. The fourth-order valence-electron chi connectivity index (χ4n) is 3.09. The van der Waals surface area contributed by atoms with Crippen LogP contribution in [0.25, 0.3) is 0 Å². The lowest BCUT2D eigenvalue weighted by Gasteiger charge is -2.16. The number of rotatable bonds is 10. The molecule has 1 heterocycles. The maximum atomic E-state index is 12.7. The molecule has 0 spiro atoms. The zero-order valence-electron chi connectivity index (χ0n) is 17.5. The zero-order valence-corrected chi connectivity index (χ0v) is 17.5. The lowest BCUT2D eigenvalue weighted by molar-refractivity contribution is 0.0938. The third-order valence-electron chi connectivity index (χ3n) is 4.71. The standard InChI is InChI=1S/C25H28N2O3/c1-3-29-24-16-22(13-14-23(24)30-18-21-10-7-15-26-17-21)25(28)27-19(2)11-12-20-8-5-4-6-9-20/h4-10,13-17,19H,3,11-12,18H2,1-2H3,(H,27,28). The molecule has 1 unspecified atom stereocenters. The molecule has 3 aromatic rings. The molecule has 5 heteroatoms. The Bertz CT molecular complexity index is 930. The van der Waals surface area contributed by atoms with Crippen molar-refractivity contribution in [2.75, 3.05) is 6.61 Å². The lowest BCUT2D eigenvalue weighted by atomic mass is 10.1. The Labute approximate surface area is 178 Å². The number of amides is 1. The van der Waals surface area contributed by atoms with Gasteiger partial charge in [0, 0.05) is 29.6 Å². The molecule has 2 aromatic carbocycles. The average molecular weight is 405 g/mol. The minimum atomic E-state index is -0.115. The van der Waals surface area contributed by atoms with Crippen LogP contribution in [0.4, 0.5) is 0 Å². The lowest BCUT2D eigenvalue weighted by Crippen LogP contribution is -2.32. The molecule has 1 atom stereocenters. The summed E-state index contributed by atoms with van der Waals surface area (Å²) in [6.07, 6.45) is 5.29. The second-order valence-corrected chi connectivity index (χ2v) is 7.14. The molecule has 0 saturated carbocycles. The molecule has 30 heavy (non-hydrogen) atoms. The van der Waals surface area contributed by atoms with E-state index in [0.29, 0.717) is 30.3 Å². The van der Waals surface area contributed by atoms with Crippen molar-refractivity contribution in [2.24, 2.45) is 0 Å². The van der Waals surface area contributed by atoms with Gasteiger partial charge in [-0.25, -0.2) is 0 Å². The van der Waals surface area contributed by atoms with Gasteiger partial charge in [0.05, 0.1) is 6.61 Å². The maximum absolute atomic E-state index is 12.7. The number of benzene rings is 2. The molecule has 0 aliphatic carbocycles. The minimum absolute atomic E-state index is 0.0646. The number of hydrogen-bond acceptors (Lipinski definition) is 4. The predicted molar refractivity (Wildman–Crippen MR) is 118 cm³/mol. The topological polar surface area (TPSA) is 60.5 Å². The fraction of sp³-hybridized carbons (Fsp3) is 0.280. The van der Waals surface area contributed by atoms with E-state index < -0.39 is 0 Å². The number of pyridine rings is 1. The summed E-state index contributed by atoms with van der Waals surface area (Å²) in [7, 11) is 0. The zero-order chi connectivity index (χ0) is 21.2. The molecule has 0 fully saturated rings. The van der Waals surface area contributed by atoms with Crippen LogP contribution < -0.4 is 14.8 Å². The normalized spacial score (nSPS) is 11.5. The first-order chi connectivity index (χ1) is 14.7. The summed E-state index contributed by atoms with van der Waals surface area (Å²) in [5, 5.41) is 3.07. The number of hydrogen-bond donors (Lipinski definition) is 1. The van der Waals surface area contributed by atoms with E-state index in [9.17, 15) is 4.79 Å². The van der Waals surface area contributed by atoms with Gasteiger partial charge in [-0.2, -0.15) is 0 Å². The van der Waals surface area contributed by atoms with Crippen molar-refractivity contribution in [1.82, 2.24) is 10.3 Å². The average Bonchev–Trinajstić information content (AvgIpc) is 2.78. The largest absolute Gasteiger partial charge is 0.490 e. The minimum Gasteiger partial charge on any atom is -0.490 e. The highest BCUT2D eigenvalue weighted by molar-refractivity contribution is 5.95. The van der Waals surface area contributed by atoms with Crippen LogP contribution in [0.5, 0.6) is 11.5 Å². The van der Waals surface area contributed by atoms with Crippen LogP contribution in [0.15, 0.2) is 73.1 Å². The van der Waals surface area contributed by atoms with Gasteiger partial charge in [-0.1, -0.05) is 36.4 Å². The van der Waals surface area contributed by atoms with E-state index in [0.717, 1.165) is 18.4 Å². The van der Waals surface area contributed by atoms with Crippen LogP contribution in [0.3, 0.4) is 0 Å². The summed E-state index contributed by atoms with van der Waals surface area (Å²) in [6.45, 7) is 4.80. The summed E-state index contributed by atoms with van der Waals surface area (Å²) in [5.41, 5.74) is 2.79. The Balaban J connectivity index is 1.60. The maximum Gasteiger partial charge on any atom is 0.251 e. The third-order valence-corrected chi connectivity index (χ3v) is 4.71. The Morgan fingerprint density at radius 2 is 1.80 bits per heavy atom. The van der Waals surface area contributed by atoms with Gasteiger partial charge in [-0.3, -0.25) is 9.78 Å². The quantitative estimate of drug-likeness (QED) is 0.527. The molecule has 1 N–H and O–H groups in total. The van der Waals surface area contributed by atoms with E-state index in [4.69, 9.17) is 9.47 Å². The van der Waals surface area contributed by atoms with Crippen LogP contribution in [0, 0.1) is 0 Å². The van der Waals surface area contributed by atoms with E-state index in [2.05, 4.69) is 22.4 Å². The fourth-order valence-corrected chi connectivity index (χ4v) is 3.09. The van der Waals surface area contributed by atoms with Gasteiger partial charge in [-0.05, 0) is 56.5 Å². The second kappa shape index (κ2) is 11.0. The summed E-state index contributed by atoms with van der Waals surface area (Å²) < 4.78 is 11.6. The summed E-state index contributed by atoms with van der Waals surface area (Å²) in [4.78, 5) is 16.8. The number of carbonyl (C=O) groups excluding carboxylic acids is 1. The number of carbonyl (C=O) groups is 1. The molecular weight excluding hydrogens is 376 g/mol. The van der Waals surface area contributed by atoms with E-state index in [1.54, 1.807) is 30.6 Å². The number of nitrogens with zero attached hydrogens (tertiary/aromatic N) is 1. The Hall–Kier alpha value is -3.34. The van der Waals surface area contributed by atoms with Crippen molar-refractivity contribution in [3.8, 4) is 11.5 Å². The van der Waals surface area contributed by atoms with Crippen molar-refractivity contribution in [3.63, 3.8) is 0 Å². The third kappa shape index (κ3) is 6.34.